The molecule has 0 aromatic heterocycles. The number of carbonyl (C=O) groups is 2. The van der Waals surface area contributed by atoms with Crippen LogP contribution >= 0.6 is 0 Å². The van der Waals surface area contributed by atoms with Crippen molar-refractivity contribution in [1.82, 2.24) is 10.2 Å². The quantitative estimate of drug-likeness (QED) is 0.507. The lowest BCUT2D eigenvalue weighted by Crippen LogP contribution is -2.51. The molecule has 122 valence electrons. The third-order valence-corrected chi connectivity index (χ3v) is 4.03. The van der Waals surface area contributed by atoms with Crippen molar-refractivity contribution >= 4 is 11.9 Å². The van der Waals surface area contributed by atoms with Crippen molar-refractivity contribution in [3.05, 3.63) is 0 Å². The van der Waals surface area contributed by atoms with E-state index >= 15 is 0 Å². The van der Waals surface area contributed by atoms with Gasteiger partial charge in [0.25, 0.3) is 0 Å². The summed E-state index contributed by atoms with van der Waals surface area (Å²) >= 11 is 0. The minimum Gasteiger partial charge on any atom is -0.468 e. The molecule has 0 saturated heterocycles. The summed E-state index contributed by atoms with van der Waals surface area (Å²) in [5.41, 5.74) is 0. The Labute approximate surface area is 127 Å². The molecular weight excluding hydrogens is 272 g/mol. The summed E-state index contributed by atoms with van der Waals surface area (Å²) in [4.78, 5) is 25.8. The van der Waals surface area contributed by atoms with Gasteiger partial charge < -0.3 is 14.8 Å². The highest BCUT2D eigenvalue weighted by Gasteiger charge is 2.31. The van der Waals surface area contributed by atoms with E-state index in [-0.39, 0.29) is 24.5 Å². The standard InChI is InChI=1S/C15H28N2O4/c1-12(15(19)16-9-6-10-20-2)17(11-14(18)21-3)13-7-4-5-8-13/h12-13H,4-11H2,1-3H3,(H,16,19). The number of nitrogens with zero attached hydrogens (tertiary/aromatic N) is 1. The lowest BCUT2D eigenvalue weighted by atomic mass is 10.1. The number of hydrogen-bond donors (Lipinski definition) is 1. The smallest absolute Gasteiger partial charge is 0.319 e. The maximum atomic E-state index is 12.2. The molecule has 6 heteroatoms. The number of ether oxygens (including phenoxy) is 2. The van der Waals surface area contributed by atoms with Crippen LogP contribution in [0.5, 0.6) is 0 Å². The lowest BCUT2D eigenvalue weighted by Gasteiger charge is -2.32. The van der Waals surface area contributed by atoms with Crippen LogP contribution in [-0.4, -0.2) is 62.8 Å². The normalized spacial score (nSPS) is 17.0. The van der Waals surface area contributed by atoms with Gasteiger partial charge in [0.05, 0.1) is 19.7 Å². The molecule has 1 fully saturated rings. The Morgan fingerprint density at radius 3 is 2.52 bits per heavy atom. The van der Waals surface area contributed by atoms with Crippen LogP contribution in [0.25, 0.3) is 0 Å². The van der Waals surface area contributed by atoms with Crippen LogP contribution < -0.4 is 5.32 Å². The topological polar surface area (TPSA) is 67.9 Å². The molecule has 0 radical (unpaired) electrons. The van der Waals surface area contributed by atoms with Crippen molar-refractivity contribution in [3.8, 4) is 0 Å². The minimum atomic E-state index is -0.324. The largest absolute Gasteiger partial charge is 0.468 e. The van der Waals surface area contributed by atoms with E-state index in [9.17, 15) is 9.59 Å². The van der Waals surface area contributed by atoms with Crippen molar-refractivity contribution in [1.29, 1.82) is 0 Å². The van der Waals surface area contributed by atoms with Crippen LogP contribution in [0.15, 0.2) is 0 Å². The van der Waals surface area contributed by atoms with Gasteiger partial charge in [-0.3, -0.25) is 14.5 Å². The maximum Gasteiger partial charge on any atom is 0.319 e. The molecule has 1 aliphatic carbocycles. The summed E-state index contributed by atoms with van der Waals surface area (Å²) in [5.74, 6) is -0.331. The van der Waals surface area contributed by atoms with Gasteiger partial charge in [-0.25, -0.2) is 0 Å². The summed E-state index contributed by atoms with van der Waals surface area (Å²) in [6.07, 6.45) is 5.18. The highest BCUT2D eigenvalue weighted by atomic mass is 16.5. The van der Waals surface area contributed by atoms with Crippen LogP contribution in [0.3, 0.4) is 0 Å². The van der Waals surface area contributed by atoms with Gasteiger partial charge in [0.15, 0.2) is 0 Å². The van der Waals surface area contributed by atoms with Gasteiger partial charge in [-0.15, -0.1) is 0 Å². The maximum absolute atomic E-state index is 12.2. The summed E-state index contributed by atoms with van der Waals surface area (Å²) in [6.45, 7) is 3.25. The molecule has 1 aliphatic rings. The van der Waals surface area contributed by atoms with Gasteiger partial charge in [0, 0.05) is 26.3 Å². The van der Waals surface area contributed by atoms with E-state index < -0.39 is 0 Å². The van der Waals surface area contributed by atoms with E-state index in [1.165, 1.54) is 7.11 Å². The number of nitrogens with one attached hydrogen (secondary N) is 1. The molecule has 6 nitrogen and oxygen atoms in total. The number of hydrogen-bond acceptors (Lipinski definition) is 5. The van der Waals surface area contributed by atoms with E-state index in [1.54, 1.807) is 7.11 Å². The van der Waals surface area contributed by atoms with Crippen molar-refractivity contribution in [3.63, 3.8) is 0 Å². The summed E-state index contributed by atoms with van der Waals surface area (Å²) in [5, 5.41) is 2.90. The van der Waals surface area contributed by atoms with E-state index in [0.29, 0.717) is 19.2 Å². The van der Waals surface area contributed by atoms with E-state index in [2.05, 4.69) is 5.32 Å². The second kappa shape index (κ2) is 9.73. The first-order chi connectivity index (χ1) is 10.1. The van der Waals surface area contributed by atoms with Crippen LogP contribution in [0.2, 0.25) is 0 Å². The molecule has 1 N–H and O–H groups in total. The van der Waals surface area contributed by atoms with Gasteiger partial charge in [-0.2, -0.15) is 0 Å². The third-order valence-electron chi connectivity index (χ3n) is 4.03. The fraction of sp³-hybridized carbons (Fsp3) is 0.867. The number of methoxy groups -OCH3 is 2. The molecule has 1 unspecified atom stereocenters. The number of carbonyl (C=O) groups excluding carboxylic acids is 2. The van der Waals surface area contributed by atoms with Gasteiger partial charge in [0.1, 0.15) is 0 Å². The zero-order valence-electron chi connectivity index (χ0n) is 13.4. The van der Waals surface area contributed by atoms with E-state index in [1.807, 2.05) is 11.8 Å². The van der Waals surface area contributed by atoms with Crippen LogP contribution in [0.4, 0.5) is 0 Å². The molecule has 0 heterocycles. The predicted molar refractivity (Wildman–Crippen MR) is 79.9 cm³/mol. The molecule has 0 aliphatic heterocycles. The highest BCUT2D eigenvalue weighted by Crippen LogP contribution is 2.25. The van der Waals surface area contributed by atoms with Crippen LogP contribution in [-0.2, 0) is 19.1 Å². The molecule has 0 aromatic carbocycles. The van der Waals surface area contributed by atoms with E-state index in [0.717, 1.165) is 32.1 Å². The predicted octanol–water partition coefficient (Wildman–Crippen LogP) is 0.945. The number of rotatable bonds is 9. The summed E-state index contributed by atoms with van der Waals surface area (Å²) < 4.78 is 9.71. The average molecular weight is 300 g/mol. The molecule has 1 amide bonds. The van der Waals surface area contributed by atoms with Gasteiger partial charge in [0.2, 0.25) is 5.91 Å². The Morgan fingerprint density at radius 1 is 1.29 bits per heavy atom. The first kappa shape index (κ1) is 17.9. The molecule has 0 spiro atoms. The highest BCUT2D eigenvalue weighted by molar-refractivity contribution is 5.82. The molecule has 1 atom stereocenters. The second-order valence-corrected chi connectivity index (χ2v) is 5.50. The Kier molecular flexibility index (Phi) is 8.30. The van der Waals surface area contributed by atoms with Crippen molar-refractivity contribution in [2.24, 2.45) is 0 Å². The summed E-state index contributed by atoms with van der Waals surface area (Å²) in [7, 11) is 3.02. The second-order valence-electron chi connectivity index (χ2n) is 5.50. The van der Waals surface area contributed by atoms with E-state index in [4.69, 9.17) is 9.47 Å². The van der Waals surface area contributed by atoms with Crippen molar-refractivity contribution in [2.45, 2.75) is 51.1 Å². The SMILES string of the molecule is COCCCNC(=O)C(C)N(CC(=O)OC)C1CCCC1. The van der Waals surface area contributed by atoms with Crippen LogP contribution in [0.1, 0.15) is 39.0 Å². The molecule has 21 heavy (non-hydrogen) atoms. The first-order valence-corrected chi connectivity index (χ1v) is 7.69. The molecule has 0 bridgehead atoms. The Balaban J connectivity index is 2.54. The molecule has 1 saturated carbocycles. The zero-order chi connectivity index (χ0) is 15.7. The monoisotopic (exact) mass is 300 g/mol. The van der Waals surface area contributed by atoms with Crippen LogP contribution in [0, 0.1) is 0 Å². The minimum absolute atomic E-state index is 0.0399. The Hall–Kier alpha value is -1.14. The fourth-order valence-corrected chi connectivity index (χ4v) is 2.76. The fourth-order valence-electron chi connectivity index (χ4n) is 2.76. The van der Waals surface area contributed by atoms with Gasteiger partial charge in [-0.05, 0) is 26.2 Å². The van der Waals surface area contributed by atoms with Crippen molar-refractivity contribution in [2.75, 3.05) is 33.9 Å². The Bertz CT molecular complexity index is 330. The molecule has 1 rings (SSSR count). The first-order valence-electron chi connectivity index (χ1n) is 7.69. The number of amides is 1. The zero-order valence-corrected chi connectivity index (χ0v) is 13.4. The van der Waals surface area contributed by atoms with Crippen molar-refractivity contribution < 1.29 is 19.1 Å². The summed E-state index contributed by atoms with van der Waals surface area (Å²) in [6, 6.07) is -0.0291. The lowest BCUT2D eigenvalue weighted by molar-refractivity contribution is -0.144. The Morgan fingerprint density at radius 2 is 1.95 bits per heavy atom. The molecule has 0 aromatic rings. The van der Waals surface area contributed by atoms with Gasteiger partial charge in [-0.1, -0.05) is 12.8 Å². The third kappa shape index (κ3) is 6.01. The van der Waals surface area contributed by atoms with Gasteiger partial charge >= 0.3 is 5.97 Å². The number of esters is 1. The average Bonchev–Trinajstić information content (AvgIpc) is 3.02. The molecular formula is C15H28N2O4.